The molecule has 164 valence electrons. The second-order valence-corrected chi connectivity index (χ2v) is 6.76. The summed E-state index contributed by atoms with van der Waals surface area (Å²) in [4.78, 5) is 36.8. The zero-order chi connectivity index (χ0) is 22.5. The van der Waals surface area contributed by atoms with Crippen molar-refractivity contribution in [2.75, 3.05) is 19.6 Å². The Labute approximate surface area is 182 Å². The van der Waals surface area contributed by atoms with Crippen LogP contribution < -0.4 is 15.1 Å². The van der Waals surface area contributed by atoms with E-state index >= 15 is 0 Å². The van der Waals surface area contributed by atoms with Crippen LogP contribution in [-0.4, -0.2) is 31.5 Å². The molecule has 0 amide bonds. The summed E-state index contributed by atoms with van der Waals surface area (Å²) in [6.07, 6.45) is 1.52. The smallest absolute Gasteiger partial charge is 0.374 e. The number of methoxy groups -OCH3 is 1. The number of halogens is 1. The summed E-state index contributed by atoms with van der Waals surface area (Å²) in [7, 11) is 1.51. The second kappa shape index (κ2) is 9.70. The van der Waals surface area contributed by atoms with Crippen LogP contribution in [-0.2, 0) is 16.0 Å². The Hall–Kier alpha value is -3.26. The molecule has 0 saturated heterocycles. The molecule has 1 aromatic carbocycles. The van der Waals surface area contributed by atoms with Gasteiger partial charge in [-0.25, -0.2) is 9.59 Å². The van der Waals surface area contributed by atoms with Gasteiger partial charge in [-0.2, -0.15) is 0 Å². The molecule has 0 bridgehead atoms. The van der Waals surface area contributed by atoms with Gasteiger partial charge < -0.3 is 23.0 Å². The van der Waals surface area contributed by atoms with Crippen LogP contribution in [0.3, 0.4) is 0 Å². The first-order chi connectivity index (χ1) is 14.9. The lowest BCUT2D eigenvalue weighted by Crippen LogP contribution is -2.14. The van der Waals surface area contributed by atoms with E-state index in [1.165, 1.54) is 19.2 Å². The lowest BCUT2D eigenvalue weighted by molar-refractivity contribution is -0.131. The largest absolute Gasteiger partial charge is 0.496 e. The van der Waals surface area contributed by atoms with Crippen molar-refractivity contribution in [3.8, 4) is 22.8 Å². The number of esters is 2. The van der Waals surface area contributed by atoms with Crippen molar-refractivity contribution < 1.29 is 32.6 Å². The Morgan fingerprint density at radius 1 is 1.13 bits per heavy atom. The van der Waals surface area contributed by atoms with Gasteiger partial charge in [0.15, 0.2) is 5.75 Å². The van der Waals surface area contributed by atoms with E-state index in [1.54, 1.807) is 19.1 Å². The monoisotopic (exact) mass is 448 g/mol. The number of carbonyl (C=O) groups is 2. The Balaban J connectivity index is 2.28. The quantitative estimate of drug-likeness (QED) is 0.285. The zero-order valence-corrected chi connectivity index (χ0v) is 18.0. The van der Waals surface area contributed by atoms with E-state index in [2.05, 4.69) is 0 Å². The van der Waals surface area contributed by atoms with Crippen LogP contribution in [0.4, 0.5) is 0 Å². The maximum absolute atomic E-state index is 12.8. The highest BCUT2D eigenvalue weighted by Crippen LogP contribution is 2.38. The molecule has 31 heavy (non-hydrogen) atoms. The van der Waals surface area contributed by atoms with Crippen LogP contribution in [0.1, 0.15) is 36.4 Å². The van der Waals surface area contributed by atoms with E-state index in [4.69, 9.17) is 34.6 Å². The van der Waals surface area contributed by atoms with Gasteiger partial charge in [0.25, 0.3) is 0 Å². The predicted molar refractivity (Wildman–Crippen MR) is 113 cm³/mol. The van der Waals surface area contributed by atoms with Crippen LogP contribution in [0.25, 0.3) is 22.3 Å². The topological polar surface area (TPSA) is 105 Å². The first-order valence-corrected chi connectivity index (χ1v) is 10.2. The van der Waals surface area contributed by atoms with Crippen molar-refractivity contribution >= 4 is 34.5 Å². The zero-order valence-electron chi connectivity index (χ0n) is 17.3. The number of rotatable bonds is 8. The van der Waals surface area contributed by atoms with E-state index in [-0.39, 0.29) is 35.0 Å². The predicted octanol–water partition coefficient (Wildman–Crippen LogP) is 4.34. The van der Waals surface area contributed by atoms with Gasteiger partial charge in [-0.3, -0.25) is 4.79 Å². The highest BCUT2D eigenvalue weighted by atomic mass is 35.5. The third-order valence-electron chi connectivity index (χ3n) is 4.43. The number of hydrogen-bond acceptors (Lipinski definition) is 8. The maximum Gasteiger partial charge on any atom is 0.374 e. The highest BCUT2D eigenvalue weighted by Gasteiger charge is 2.25. The van der Waals surface area contributed by atoms with E-state index in [0.29, 0.717) is 17.6 Å². The Morgan fingerprint density at radius 3 is 2.55 bits per heavy atom. The number of benzene rings is 1. The molecule has 9 heteroatoms. The molecule has 0 radical (unpaired) electrons. The molecule has 0 unspecified atom stereocenters. The lowest BCUT2D eigenvalue weighted by atomic mass is 10.0. The van der Waals surface area contributed by atoms with Gasteiger partial charge in [-0.15, -0.1) is 11.6 Å². The summed E-state index contributed by atoms with van der Waals surface area (Å²) in [5.74, 6) is -1.51. The molecule has 2 aromatic heterocycles. The molecule has 0 aliphatic rings. The average Bonchev–Trinajstić information content (AvgIpc) is 3.23. The van der Waals surface area contributed by atoms with E-state index in [0.717, 1.165) is 12.0 Å². The number of ether oxygens (including phenoxy) is 3. The van der Waals surface area contributed by atoms with Crippen LogP contribution in [0.5, 0.6) is 11.5 Å². The molecule has 0 aliphatic carbocycles. The second-order valence-electron chi connectivity index (χ2n) is 6.50. The van der Waals surface area contributed by atoms with Gasteiger partial charge in [0.2, 0.25) is 5.76 Å². The maximum atomic E-state index is 12.8. The molecular weight excluding hydrogens is 428 g/mol. The van der Waals surface area contributed by atoms with E-state index in [9.17, 15) is 14.4 Å². The number of furan rings is 1. The van der Waals surface area contributed by atoms with Crippen LogP contribution in [0.2, 0.25) is 0 Å². The minimum absolute atomic E-state index is 0.0102. The van der Waals surface area contributed by atoms with Gasteiger partial charge in [0, 0.05) is 6.07 Å². The molecular formula is C22H21ClO8. The summed E-state index contributed by atoms with van der Waals surface area (Å²) < 4.78 is 26.7. The van der Waals surface area contributed by atoms with Crippen molar-refractivity contribution in [2.24, 2.45) is 0 Å². The number of hydrogen-bond donors (Lipinski definition) is 0. The Kier molecular flexibility index (Phi) is 7.02. The first-order valence-electron chi connectivity index (χ1n) is 9.65. The fourth-order valence-corrected chi connectivity index (χ4v) is 3.20. The fourth-order valence-electron chi connectivity index (χ4n) is 3.14. The molecule has 3 rings (SSSR count). The third kappa shape index (κ3) is 4.59. The van der Waals surface area contributed by atoms with Crippen molar-refractivity contribution in [3.05, 3.63) is 46.0 Å². The number of alkyl halides is 1. The van der Waals surface area contributed by atoms with Gasteiger partial charge in [0.1, 0.15) is 28.5 Å². The van der Waals surface area contributed by atoms with Crippen LogP contribution in [0, 0.1) is 0 Å². The fraction of sp³-hybridized carbons (Fsp3) is 0.318. The van der Waals surface area contributed by atoms with Gasteiger partial charge >= 0.3 is 17.6 Å². The van der Waals surface area contributed by atoms with Crippen LogP contribution >= 0.6 is 11.6 Å². The van der Waals surface area contributed by atoms with Crippen molar-refractivity contribution in [2.45, 2.75) is 26.7 Å². The minimum Gasteiger partial charge on any atom is -0.496 e. The van der Waals surface area contributed by atoms with Crippen LogP contribution in [0.15, 0.2) is 37.9 Å². The first kappa shape index (κ1) is 22.4. The Bertz CT molecular complexity index is 1170. The summed E-state index contributed by atoms with van der Waals surface area (Å²) in [6, 6.07) is 6.06. The molecule has 8 nitrogen and oxygen atoms in total. The summed E-state index contributed by atoms with van der Waals surface area (Å²) in [5.41, 5.74) is 0.0428. The van der Waals surface area contributed by atoms with Gasteiger partial charge in [-0.1, -0.05) is 13.3 Å². The molecule has 3 aromatic rings. The number of fused-ring (bicyclic) bond motifs is 1. The third-order valence-corrected chi connectivity index (χ3v) is 4.65. The Morgan fingerprint density at radius 2 is 1.90 bits per heavy atom. The average molecular weight is 449 g/mol. The van der Waals surface area contributed by atoms with Crippen molar-refractivity contribution in [1.82, 2.24) is 0 Å². The number of aryl methyl sites for hydroxylation is 1. The molecule has 2 heterocycles. The molecule has 0 spiro atoms. The summed E-state index contributed by atoms with van der Waals surface area (Å²) in [6.45, 7) is 3.83. The summed E-state index contributed by atoms with van der Waals surface area (Å²) >= 11 is 5.62. The standard InChI is InChI=1S/C22H21ClO8/c1-4-6-12-9-13-17(10-16(12)27-3)30-22(26)19(20(13)31-18(24)11-23)14-7-8-15(29-14)21(25)28-5-2/h7-10H,4-6,11H2,1-3H3. The van der Waals surface area contributed by atoms with Crippen molar-refractivity contribution in [1.29, 1.82) is 0 Å². The van der Waals surface area contributed by atoms with Gasteiger partial charge in [0.05, 0.1) is 19.1 Å². The van der Waals surface area contributed by atoms with Crippen molar-refractivity contribution in [3.63, 3.8) is 0 Å². The highest BCUT2D eigenvalue weighted by molar-refractivity contribution is 6.26. The minimum atomic E-state index is -0.820. The lowest BCUT2D eigenvalue weighted by Gasteiger charge is -2.13. The molecule has 0 saturated carbocycles. The number of carbonyl (C=O) groups excluding carboxylic acids is 2. The van der Waals surface area contributed by atoms with Gasteiger partial charge in [-0.05, 0) is 37.1 Å². The van der Waals surface area contributed by atoms with E-state index < -0.39 is 23.4 Å². The molecule has 0 aliphatic heterocycles. The van der Waals surface area contributed by atoms with E-state index in [1.807, 2.05) is 6.92 Å². The normalized spacial score (nSPS) is 10.8. The summed E-state index contributed by atoms with van der Waals surface area (Å²) in [5, 5.41) is 0.367. The molecule has 0 atom stereocenters. The molecule has 0 fully saturated rings. The SMILES string of the molecule is CCCc1cc2c(OC(=O)CCl)c(-c3ccc(C(=O)OCC)o3)c(=O)oc2cc1OC. The molecule has 0 N–H and O–H groups in total.